The molecule has 4 N–H and O–H groups in total. The molecule has 10 nitrogen and oxygen atoms in total. The molecule has 11 heteroatoms. The number of methoxy groups -OCH3 is 1. The van der Waals surface area contributed by atoms with Crippen molar-refractivity contribution in [3.8, 4) is 0 Å². The smallest absolute Gasteiger partial charge is 0.338 e. The second kappa shape index (κ2) is 9.27. The molecule has 0 amide bonds. The predicted octanol–water partition coefficient (Wildman–Crippen LogP) is 2.33. The third-order valence-electron chi connectivity index (χ3n) is 8.08. The Morgan fingerprint density at radius 2 is 1.95 bits per heavy atom. The first-order valence-corrected chi connectivity index (χ1v) is 12.3. The van der Waals surface area contributed by atoms with E-state index in [4.69, 9.17) is 41.7 Å². The lowest BCUT2D eigenvalue weighted by molar-refractivity contribution is -0.186. The van der Waals surface area contributed by atoms with Gasteiger partial charge in [0.15, 0.2) is 11.9 Å². The molecule has 1 aliphatic heterocycles. The van der Waals surface area contributed by atoms with Gasteiger partial charge in [-0.3, -0.25) is 14.4 Å². The van der Waals surface area contributed by atoms with E-state index in [1.165, 1.54) is 31.8 Å². The third kappa shape index (κ3) is 4.13. The Labute approximate surface area is 217 Å². The van der Waals surface area contributed by atoms with E-state index in [0.29, 0.717) is 10.6 Å². The Kier molecular flexibility index (Phi) is 6.37. The third-order valence-corrected chi connectivity index (χ3v) is 8.32. The summed E-state index contributed by atoms with van der Waals surface area (Å²) in [5, 5.41) is 0.319. The highest BCUT2D eigenvalue weighted by Crippen LogP contribution is 2.55. The van der Waals surface area contributed by atoms with Crippen molar-refractivity contribution in [3.63, 3.8) is 0 Å². The van der Waals surface area contributed by atoms with Crippen molar-refractivity contribution < 1.29 is 37.8 Å². The molecular weight excluding hydrogens is 504 g/mol. The number of halogens is 1. The van der Waals surface area contributed by atoms with Gasteiger partial charge in [0.25, 0.3) is 0 Å². The normalized spacial score (nSPS) is 35.1. The number of fused-ring (bicyclic) bond motifs is 3. The summed E-state index contributed by atoms with van der Waals surface area (Å²) in [6, 6.07) is 7.74. The van der Waals surface area contributed by atoms with Crippen LogP contribution in [0.15, 0.2) is 47.3 Å². The monoisotopic (exact) mass is 530 g/mol. The summed E-state index contributed by atoms with van der Waals surface area (Å²) in [6.45, 7) is 0. The van der Waals surface area contributed by atoms with Crippen LogP contribution in [0.4, 0.5) is 0 Å². The Bertz CT molecular complexity index is 1250. The molecule has 2 saturated carbocycles. The van der Waals surface area contributed by atoms with Crippen molar-refractivity contribution in [1.29, 1.82) is 0 Å². The number of cyclic esters (lactones) is 1. The van der Waals surface area contributed by atoms with Gasteiger partial charge in [-0.1, -0.05) is 17.7 Å². The van der Waals surface area contributed by atoms with E-state index in [9.17, 15) is 19.2 Å². The lowest BCUT2D eigenvalue weighted by atomic mass is 9.48. The first kappa shape index (κ1) is 25.4. The maximum absolute atomic E-state index is 14.0. The zero-order valence-electron chi connectivity index (χ0n) is 20.1. The number of carbonyl (C=O) groups is 4. The molecule has 37 heavy (non-hydrogen) atoms. The number of carbonyl (C=O) groups excluding carboxylic acids is 4. The second-order valence-corrected chi connectivity index (χ2v) is 10.5. The van der Waals surface area contributed by atoms with Gasteiger partial charge in [0.1, 0.15) is 6.10 Å². The Morgan fingerprint density at radius 3 is 2.62 bits per heavy atom. The molecule has 2 aliphatic carbocycles. The molecule has 2 heterocycles. The minimum Gasteiger partial charge on any atom is -0.472 e. The van der Waals surface area contributed by atoms with Crippen LogP contribution in [0.25, 0.3) is 0 Å². The molecule has 196 valence electrons. The molecule has 3 aliphatic rings. The Hall–Kier alpha value is -3.21. The summed E-state index contributed by atoms with van der Waals surface area (Å²) in [7, 11) is 1.22. The number of ketones is 1. The summed E-state index contributed by atoms with van der Waals surface area (Å²) >= 11 is 6.00. The van der Waals surface area contributed by atoms with Crippen LogP contribution >= 0.6 is 11.6 Å². The molecule has 0 radical (unpaired) electrons. The highest BCUT2D eigenvalue weighted by molar-refractivity contribution is 6.30. The maximum Gasteiger partial charge on any atom is 0.338 e. The number of furan rings is 1. The summed E-state index contributed by atoms with van der Waals surface area (Å²) in [6.07, 6.45) is 1.08. The lowest BCUT2D eigenvalue weighted by Gasteiger charge is -2.60. The topological polar surface area (TPSA) is 161 Å². The van der Waals surface area contributed by atoms with E-state index in [-0.39, 0.29) is 31.2 Å². The standard InChI is InChI=1S/C26H27ClN2O8/c1-34-23(32)17-10-18(36-22(31)13-3-2-4-15(27)9-13)20(30)21-25(17,28)7-5-16-24(33)37-19(11-26(16,21)29)14-6-8-35-12-14/h2-4,6,8-9,12,16-19,21H,5,7,10-11,28-29H2,1H3/t16-,17-,18?,19-,21-,25+,26+/m0/s1. The number of ether oxygens (including phenoxy) is 3. The van der Waals surface area contributed by atoms with Crippen molar-refractivity contribution in [3.05, 3.63) is 59.0 Å². The van der Waals surface area contributed by atoms with Crippen molar-refractivity contribution >= 4 is 35.3 Å². The lowest BCUT2D eigenvalue weighted by Crippen LogP contribution is -2.78. The van der Waals surface area contributed by atoms with Gasteiger partial charge in [-0.05, 0) is 37.1 Å². The van der Waals surface area contributed by atoms with E-state index in [2.05, 4.69) is 0 Å². The van der Waals surface area contributed by atoms with E-state index in [1.807, 2.05) is 0 Å². The van der Waals surface area contributed by atoms with Crippen LogP contribution in [0.5, 0.6) is 0 Å². The largest absolute Gasteiger partial charge is 0.472 e. The van der Waals surface area contributed by atoms with Gasteiger partial charge >= 0.3 is 17.9 Å². The van der Waals surface area contributed by atoms with Gasteiger partial charge < -0.3 is 30.1 Å². The molecule has 5 rings (SSSR count). The van der Waals surface area contributed by atoms with Gasteiger partial charge in [-0.2, -0.15) is 0 Å². The van der Waals surface area contributed by atoms with Crippen LogP contribution in [-0.4, -0.2) is 48.0 Å². The predicted molar refractivity (Wildman–Crippen MR) is 128 cm³/mol. The Balaban J connectivity index is 1.54. The molecule has 7 atom stereocenters. The summed E-state index contributed by atoms with van der Waals surface area (Å²) in [4.78, 5) is 53.0. The number of benzene rings is 1. The van der Waals surface area contributed by atoms with Crippen LogP contribution < -0.4 is 11.5 Å². The fourth-order valence-corrected chi connectivity index (χ4v) is 6.54. The van der Waals surface area contributed by atoms with E-state index in [1.54, 1.807) is 18.2 Å². The van der Waals surface area contributed by atoms with Crippen LogP contribution in [-0.2, 0) is 28.6 Å². The molecular formula is C26H27ClN2O8. The quantitative estimate of drug-likeness (QED) is 0.443. The number of esters is 3. The van der Waals surface area contributed by atoms with Crippen molar-refractivity contribution in [1.82, 2.24) is 0 Å². The van der Waals surface area contributed by atoms with Crippen molar-refractivity contribution in [2.24, 2.45) is 29.2 Å². The minimum absolute atomic E-state index is 0.0706. The van der Waals surface area contributed by atoms with E-state index < -0.39 is 64.7 Å². The summed E-state index contributed by atoms with van der Waals surface area (Å²) < 4.78 is 21.4. The van der Waals surface area contributed by atoms with Gasteiger partial charge in [0, 0.05) is 34.5 Å². The number of Topliss-reactive ketones (excluding diaryl/α,β-unsaturated/α-hetero) is 1. The Morgan fingerprint density at radius 1 is 1.16 bits per heavy atom. The fraction of sp³-hybridized carbons (Fsp3) is 0.462. The van der Waals surface area contributed by atoms with Gasteiger partial charge in [0.2, 0.25) is 0 Å². The van der Waals surface area contributed by atoms with Crippen LogP contribution in [0.1, 0.15) is 47.7 Å². The zero-order valence-corrected chi connectivity index (χ0v) is 20.8. The summed E-state index contributed by atoms with van der Waals surface area (Å²) in [5.41, 5.74) is 11.7. The highest BCUT2D eigenvalue weighted by atomic mass is 35.5. The average Bonchev–Trinajstić information content (AvgIpc) is 3.39. The molecule has 1 aromatic carbocycles. The van der Waals surface area contributed by atoms with Gasteiger partial charge in [-0.25, -0.2) is 4.79 Å². The fourth-order valence-electron chi connectivity index (χ4n) is 6.35. The number of nitrogens with two attached hydrogens (primary N) is 2. The minimum atomic E-state index is -1.46. The molecule has 1 aromatic heterocycles. The molecule has 0 spiro atoms. The van der Waals surface area contributed by atoms with Gasteiger partial charge in [-0.15, -0.1) is 0 Å². The SMILES string of the molecule is COC(=O)[C@@H]1CC(OC(=O)c2cccc(Cl)c2)C(=O)[C@H]2[C@@]1(N)CC[C@H]1C(=O)O[C@H](c3ccoc3)C[C@]21N. The first-order valence-electron chi connectivity index (χ1n) is 12.0. The second-order valence-electron chi connectivity index (χ2n) is 10.1. The number of hydrogen-bond acceptors (Lipinski definition) is 10. The van der Waals surface area contributed by atoms with Gasteiger partial charge in [0.05, 0.1) is 43.0 Å². The number of rotatable bonds is 4. The zero-order chi connectivity index (χ0) is 26.5. The van der Waals surface area contributed by atoms with Crippen molar-refractivity contribution in [2.75, 3.05) is 7.11 Å². The summed E-state index contributed by atoms with van der Waals surface area (Å²) in [5.74, 6) is -5.53. The van der Waals surface area contributed by atoms with Crippen LogP contribution in [0, 0.1) is 17.8 Å². The molecule has 3 fully saturated rings. The molecule has 1 saturated heterocycles. The number of hydrogen-bond donors (Lipinski definition) is 2. The maximum atomic E-state index is 14.0. The molecule has 0 bridgehead atoms. The highest BCUT2D eigenvalue weighted by Gasteiger charge is 2.69. The van der Waals surface area contributed by atoms with E-state index >= 15 is 0 Å². The van der Waals surface area contributed by atoms with Crippen LogP contribution in [0.3, 0.4) is 0 Å². The molecule has 2 aromatic rings. The molecule has 1 unspecified atom stereocenters. The van der Waals surface area contributed by atoms with Crippen molar-refractivity contribution in [2.45, 2.75) is 49.0 Å². The average molecular weight is 531 g/mol. The van der Waals surface area contributed by atoms with E-state index in [0.717, 1.165) is 0 Å². The van der Waals surface area contributed by atoms with Crippen LogP contribution in [0.2, 0.25) is 5.02 Å². The first-order chi connectivity index (χ1) is 17.6.